The summed E-state index contributed by atoms with van der Waals surface area (Å²) in [5.74, 6) is 0.813. The number of aryl methyl sites for hydroxylation is 1. The molecule has 3 aromatic rings. The molecule has 4 nitrogen and oxygen atoms in total. The second kappa shape index (κ2) is 9.02. The first kappa shape index (κ1) is 20.6. The summed E-state index contributed by atoms with van der Waals surface area (Å²) in [6, 6.07) is 18.1. The quantitative estimate of drug-likeness (QED) is 0.620. The van der Waals surface area contributed by atoms with E-state index in [9.17, 15) is 4.79 Å². The van der Waals surface area contributed by atoms with Gasteiger partial charge < -0.3 is 15.0 Å². The average Bonchev–Trinajstić information content (AvgIpc) is 3.40. The average molecular weight is 422 g/mol. The van der Waals surface area contributed by atoms with Gasteiger partial charge in [0.2, 0.25) is 0 Å². The molecule has 0 aliphatic carbocycles. The molecule has 0 unspecified atom stereocenters. The normalized spacial score (nSPS) is 15.2. The molecule has 1 aromatic heterocycles. The fraction of sp³-hybridized carbons (Fsp3) is 0.320. The molecule has 156 valence electrons. The van der Waals surface area contributed by atoms with Gasteiger partial charge in [-0.3, -0.25) is 4.79 Å². The number of amides is 1. The lowest BCUT2D eigenvalue weighted by Gasteiger charge is -2.27. The molecule has 1 aliphatic heterocycles. The Morgan fingerprint density at radius 1 is 1.03 bits per heavy atom. The van der Waals surface area contributed by atoms with Crippen LogP contribution in [0.4, 0.5) is 5.00 Å². The molecule has 2 aromatic carbocycles. The Kier molecular flexibility index (Phi) is 6.21. The highest BCUT2D eigenvalue weighted by molar-refractivity contribution is 7.16. The zero-order valence-corrected chi connectivity index (χ0v) is 18.6. The predicted molar refractivity (Wildman–Crippen MR) is 123 cm³/mol. The summed E-state index contributed by atoms with van der Waals surface area (Å²) in [5.41, 5.74) is 4.48. The maximum atomic E-state index is 12.9. The van der Waals surface area contributed by atoms with Crippen molar-refractivity contribution in [2.45, 2.75) is 32.7 Å². The SMILES string of the molecule is COc1ccc([C@H](c2c(NC(=O)c3ccccc3)sc(C)c2C)[NH+]2CCCC2)cc1. The van der Waals surface area contributed by atoms with Crippen molar-refractivity contribution in [3.05, 3.63) is 81.7 Å². The van der Waals surface area contributed by atoms with E-state index in [4.69, 9.17) is 4.74 Å². The number of carbonyl (C=O) groups excluding carboxylic acids is 1. The van der Waals surface area contributed by atoms with Crippen molar-refractivity contribution in [1.82, 2.24) is 0 Å². The number of thiophene rings is 1. The fourth-order valence-corrected chi connectivity index (χ4v) is 5.46. The molecule has 0 bridgehead atoms. The van der Waals surface area contributed by atoms with Crippen LogP contribution in [0.1, 0.15) is 50.8 Å². The zero-order chi connectivity index (χ0) is 21.1. The van der Waals surface area contributed by atoms with Gasteiger partial charge in [-0.2, -0.15) is 0 Å². The van der Waals surface area contributed by atoms with Crippen molar-refractivity contribution in [2.75, 3.05) is 25.5 Å². The molecule has 0 spiro atoms. The van der Waals surface area contributed by atoms with Crippen LogP contribution >= 0.6 is 11.3 Å². The lowest BCUT2D eigenvalue weighted by Crippen LogP contribution is -3.10. The number of benzene rings is 2. The molecule has 2 heterocycles. The third-order valence-corrected chi connectivity index (χ3v) is 7.23. The van der Waals surface area contributed by atoms with Crippen LogP contribution < -0.4 is 15.0 Å². The van der Waals surface area contributed by atoms with E-state index in [1.165, 1.54) is 34.4 Å². The molecule has 0 saturated carbocycles. The Morgan fingerprint density at radius 3 is 2.33 bits per heavy atom. The monoisotopic (exact) mass is 421 g/mol. The second-order valence-electron chi connectivity index (χ2n) is 7.92. The minimum absolute atomic E-state index is 0.0528. The van der Waals surface area contributed by atoms with Gasteiger partial charge in [-0.05, 0) is 55.8 Å². The predicted octanol–water partition coefficient (Wildman–Crippen LogP) is 4.39. The van der Waals surface area contributed by atoms with Crippen LogP contribution in [0.15, 0.2) is 54.6 Å². The molecule has 0 radical (unpaired) electrons. The molecular weight excluding hydrogens is 392 g/mol. The number of ether oxygens (including phenoxy) is 1. The lowest BCUT2D eigenvalue weighted by atomic mass is 9.95. The minimum atomic E-state index is -0.0528. The van der Waals surface area contributed by atoms with Gasteiger partial charge in [-0.1, -0.05) is 18.2 Å². The maximum absolute atomic E-state index is 12.9. The number of nitrogens with one attached hydrogen (secondary N) is 2. The fourth-order valence-electron chi connectivity index (χ4n) is 4.37. The van der Waals surface area contributed by atoms with E-state index in [1.54, 1.807) is 23.3 Å². The largest absolute Gasteiger partial charge is 0.497 e. The Bertz CT molecular complexity index is 1010. The number of hydrogen-bond acceptors (Lipinski definition) is 3. The smallest absolute Gasteiger partial charge is 0.256 e. The summed E-state index contributed by atoms with van der Waals surface area (Å²) >= 11 is 1.68. The molecule has 2 N–H and O–H groups in total. The number of quaternary nitrogens is 1. The van der Waals surface area contributed by atoms with E-state index < -0.39 is 0 Å². The Hall–Kier alpha value is -2.63. The lowest BCUT2D eigenvalue weighted by molar-refractivity contribution is -0.913. The van der Waals surface area contributed by atoms with Crippen molar-refractivity contribution >= 4 is 22.2 Å². The second-order valence-corrected chi connectivity index (χ2v) is 9.14. The summed E-state index contributed by atoms with van der Waals surface area (Å²) < 4.78 is 5.37. The van der Waals surface area contributed by atoms with Crippen LogP contribution in [0, 0.1) is 13.8 Å². The summed E-state index contributed by atoms with van der Waals surface area (Å²) in [7, 11) is 1.70. The molecule has 30 heavy (non-hydrogen) atoms. The number of carbonyl (C=O) groups is 1. The topological polar surface area (TPSA) is 42.8 Å². The molecule has 4 rings (SSSR count). The third-order valence-electron chi connectivity index (χ3n) is 6.09. The van der Waals surface area contributed by atoms with Gasteiger partial charge in [0, 0.05) is 28.8 Å². The zero-order valence-electron chi connectivity index (χ0n) is 17.8. The Labute approximate surface area is 182 Å². The number of methoxy groups -OCH3 is 1. The van der Waals surface area contributed by atoms with E-state index in [1.807, 2.05) is 42.5 Å². The van der Waals surface area contributed by atoms with Gasteiger partial charge >= 0.3 is 0 Å². The highest BCUT2D eigenvalue weighted by Gasteiger charge is 2.34. The van der Waals surface area contributed by atoms with Crippen molar-refractivity contribution < 1.29 is 14.4 Å². The maximum Gasteiger partial charge on any atom is 0.256 e. The number of hydrogen-bond donors (Lipinski definition) is 2. The Morgan fingerprint density at radius 2 is 1.70 bits per heavy atom. The molecule has 1 atom stereocenters. The van der Waals surface area contributed by atoms with Crippen molar-refractivity contribution in [3.63, 3.8) is 0 Å². The third kappa shape index (κ3) is 4.13. The van der Waals surface area contributed by atoms with Gasteiger partial charge in [0.15, 0.2) is 0 Å². The number of likely N-dealkylation sites (tertiary alicyclic amines) is 1. The minimum Gasteiger partial charge on any atom is -0.497 e. The van der Waals surface area contributed by atoms with Crippen molar-refractivity contribution in [2.24, 2.45) is 0 Å². The van der Waals surface area contributed by atoms with Crippen LogP contribution in [0.5, 0.6) is 5.75 Å². The first-order valence-electron chi connectivity index (χ1n) is 10.5. The van der Waals surface area contributed by atoms with Crippen molar-refractivity contribution in [1.29, 1.82) is 0 Å². The van der Waals surface area contributed by atoms with Gasteiger partial charge in [-0.25, -0.2) is 0 Å². The molecule has 1 fully saturated rings. The summed E-state index contributed by atoms with van der Waals surface area (Å²) in [6.07, 6.45) is 2.49. The van der Waals surface area contributed by atoms with Crippen LogP contribution in [-0.4, -0.2) is 26.1 Å². The number of anilines is 1. The van der Waals surface area contributed by atoms with Gasteiger partial charge in [0.05, 0.1) is 25.8 Å². The molecule has 1 aliphatic rings. The molecular formula is C25H29N2O2S+. The summed E-state index contributed by atoms with van der Waals surface area (Å²) in [5, 5.41) is 4.20. The molecule has 5 heteroatoms. The Balaban J connectivity index is 1.75. The van der Waals surface area contributed by atoms with E-state index >= 15 is 0 Å². The highest BCUT2D eigenvalue weighted by atomic mass is 32.1. The van der Waals surface area contributed by atoms with Crippen LogP contribution in [0.3, 0.4) is 0 Å². The first-order valence-corrected chi connectivity index (χ1v) is 11.3. The van der Waals surface area contributed by atoms with Crippen LogP contribution in [-0.2, 0) is 0 Å². The molecule has 1 amide bonds. The highest BCUT2D eigenvalue weighted by Crippen LogP contribution is 2.39. The summed E-state index contributed by atoms with van der Waals surface area (Å²) in [4.78, 5) is 15.7. The van der Waals surface area contributed by atoms with Crippen molar-refractivity contribution in [3.8, 4) is 5.75 Å². The van der Waals surface area contributed by atoms with E-state index in [0.717, 1.165) is 23.8 Å². The van der Waals surface area contributed by atoms with E-state index in [2.05, 4.69) is 31.3 Å². The van der Waals surface area contributed by atoms with Crippen LogP contribution in [0.2, 0.25) is 0 Å². The molecule has 1 saturated heterocycles. The van der Waals surface area contributed by atoms with Gasteiger partial charge in [0.25, 0.3) is 5.91 Å². The van der Waals surface area contributed by atoms with Gasteiger partial charge in [0.1, 0.15) is 16.8 Å². The first-order chi connectivity index (χ1) is 14.6. The van der Waals surface area contributed by atoms with E-state index in [0.29, 0.717) is 5.56 Å². The standard InChI is InChI=1S/C25H28N2O2S/c1-17-18(2)30-25(26-24(28)20-9-5-4-6-10-20)22(17)23(27-15-7-8-16-27)19-11-13-21(29-3)14-12-19/h4-6,9-14,23H,7-8,15-16H2,1-3H3,(H,26,28)/p+1/t23-/m1/s1. The summed E-state index contributed by atoms with van der Waals surface area (Å²) in [6.45, 7) is 6.63. The van der Waals surface area contributed by atoms with Crippen LogP contribution in [0.25, 0.3) is 0 Å². The number of rotatable bonds is 6. The van der Waals surface area contributed by atoms with Gasteiger partial charge in [-0.15, -0.1) is 11.3 Å². The van der Waals surface area contributed by atoms with E-state index in [-0.39, 0.29) is 11.9 Å².